The predicted octanol–water partition coefficient (Wildman–Crippen LogP) is 9.63. The number of fused-ring (bicyclic) bond motifs is 2. The molecule has 0 N–H and O–H groups in total. The molecule has 0 aliphatic heterocycles. The number of rotatable bonds is 4. The molecule has 2 aliphatic rings. The fraction of sp³-hybridized carbons (Fsp3) is 0.433. The first-order valence-electron chi connectivity index (χ1n) is 12.3. The van der Waals surface area contributed by atoms with Gasteiger partial charge in [0.05, 0.1) is 0 Å². The van der Waals surface area contributed by atoms with Crippen LogP contribution < -0.4 is 0 Å². The molecule has 2 unspecified atom stereocenters. The Morgan fingerprint density at radius 2 is 1.06 bits per heavy atom. The minimum atomic E-state index is -4.72. The van der Waals surface area contributed by atoms with Gasteiger partial charge < -0.3 is 0 Å². The van der Waals surface area contributed by atoms with Gasteiger partial charge in [-0.1, -0.05) is 0 Å². The molecule has 33 heavy (non-hydrogen) atoms. The number of hydrogen-bond donors (Lipinski definition) is 0. The van der Waals surface area contributed by atoms with Gasteiger partial charge in [-0.2, -0.15) is 0 Å². The maximum absolute atomic E-state index is 8.15. The zero-order valence-corrected chi connectivity index (χ0v) is 25.6. The standard InChI is InChI=1S/2C14H17.C2H4.2ClH.Zr/c2*1-9(2)13-7-12-6-5-10(3)11(4)14(12)8-13;1-2;;;/h2*5-9H,1-4H3;1H,2H3;2*1H;/q;;;;;+2/p-2. The van der Waals surface area contributed by atoms with Gasteiger partial charge in [0, 0.05) is 0 Å². The summed E-state index contributed by atoms with van der Waals surface area (Å²) in [6, 6.07) is 9.13. The molecule has 2 aliphatic carbocycles. The van der Waals surface area contributed by atoms with Crippen LogP contribution in [0, 0.1) is 39.5 Å². The van der Waals surface area contributed by atoms with Crippen LogP contribution in [0.25, 0.3) is 12.2 Å². The minimum absolute atomic E-state index is 0.0915. The Bertz CT molecular complexity index is 1190. The van der Waals surface area contributed by atoms with Crippen LogP contribution >= 0.6 is 17.0 Å². The topological polar surface area (TPSA) is 0 Å². The zero-order valence-electron chi connectivity index (χ0n) is 21.6. The first-order valence-corrected chi connectivity index (χ1v) is 22.9. The van der Waals surface area contributed by atoms with E-state index in [0.717, 1.165) is 0 Å². The second-order valence-electron chi connectivity index (χ2n) is 11.0. The van der Waals surface area contributed by atoms with Crippen LogP contribution in [0.4, 0.5) is 0 Å². The molecular weight excluding hydrogens is 522 g/mol. The monoisotopic (exact) mass is 558 g/mol. The SMILES string of the molecule is C[CH]=[Zr]([Cl])([Cl])([CH]1C(C(C)C)=Cc2c1ccc(C)c2C)[CH]1C(C(C)C)=Cc2c1ccc(C)c2C. The Hall–Kier alpha value is -0.747. The molecule has 0 aromatic heterocycles. The van der Waals surface area contributed by atoms with Gasteiger partial charge in [-0.3, -0.25) is 0 Å². The summed E-state index contributed by atoms with van der Waals surface area (Å²) in [5.41, 5.74) is 13.6. The quantitative estimate of drug-likeness (QED) is 0.349. The Morgan fingerprint density at radius 1 is 0.697 bits per heavy atom. The number of benzene rings is 2. The average molecular weight is 561 g/mol. The third-order valence-electron chi connectivity index (χ3n) is 8.54. The van der Waals surface area contributed by atoms with Crippen molar-refractivity contribution in [1.29, 1.82) is 0 Å². The van der Waals surface area contributed by atoms with Crippen molar-refractivity contribution in [3.8, 4) is 0 Å². The van der Waals surface area contributed by atoms with Crippen LogP contribution in [0.2, 0.25) is 0 Å². The van der Waals surface area contributed by atoms with E-state index in [1.807, 2.05) is 0 Å². The summed E-state index contributed by atoms with van der Waals surface area (Å²) in [6.45, 7) is 20.2. The molecule has 0 nitrogen and oxygen atoms in total. The first kappa shape index (κ1) is 25.3. The molecule has 0 bridgehead atoms. The Balaban J connectivity index is 2.07. The van der Waals surface area contributed by atoms with E-state index >= 15 is 0 Å². The average Bonchev–Trinajstić information content (AvgIpc) is 3.35. The van der Waals surface area contributed by atoms with Crippen LogP contribution in [0.3, 0.4) is 0 Å². The van der Waals surface area contributed by atoms with Crippen molar-refractivity contribution in [2.45, 2.75) is 69.6 Å². The van der Waals surface area contributed by atoms with Gasteiger partial charge in [0.1, 0.15) is 0 Å². The molecule has 2 atom stereocenters. The van der Waals surface area contributed by atoms with Crippen LogP contribution in [0.5, 0.6) is 0 Å². The molecule has 0 heterocycles. The molecule has 4 rings (SSSR count). The molecule has 0 saturated heterocycles. The second-order valence-corrected chi connectivity index (χ2v) is 32.4. The summed E-state index contributed by atoms with van der Waals surface area (Å²) in [4.78, 5) is 0. The Kier molecular flexibility index (Phi) is 6.48. The molecule has 0 saturated carbocycles. The van der Waals surface area contributed by atoms with Crippen molar-refractivity contribution in [2.75, 3.05) is 0 Å². The third kappa shape index (κ3) is 3.68. The summed E-state index contributed by atoms with van der Waals surface area (Å²) in [5, 5.41) is 0. The van der Waals surface area contributed by atoms with E-state index in [-0.39, 0.29) is 7.25 Å². The number of halogens is 2. The number of hydrogen-bond acceptors (Lipinski definition) is 0. The van der Waals surface area contributed by atoms with Crippen molar-refractivity contribution in [1.82, 2.24) is 0 Å². The normalized spacial score (nSPS) is 20.2. The summed E-state index contributed by atoms with van der Waals surface area (Å²) in [5.74, 6) is 0.777. The van der Waals surface area contributed by atoms with Crippen molar-refractivity contribution >= 4 is 32.9 Å². The maximum atomic E-state index is 8.15. The van der Waals surface area contributed by atoms with Crippen LogP contribution in [-0.2, 0) is 15.9 Å². The van der Waals surface area contributed by atoms with E-state index in [1.165, 1.54) is 55.7 Å². The second kappa shape index (κ2) is 8.43. The van der Waals surface area contributed by atoms with E-state index in [9.17, 15) is 0 Å². The molecule has 2 aromatic carbocycles. The van der Waals surface area contributed by atoms with Gasteiger partial charge in [-0.05, 0) is 0 Å². The number of aryl methyl sites for hydroxylation is 2. The van der Waals surface area contributed by atoms with E-state index in [2.05, 4.69) is 102 Å². The summed E-state index contributed by atoms with van der Waals surface area (Å²) in [6.07, 6.45) is 4.84. The van der Waals surface area contributed by atoms with Gasteiger partial charge in [-0.25, -0.2) is 0 Å². The van der Waals surface area contributed by atoms with E-state index < -0.39 is 15.9 Å². The predicted molar refractivity (Wildman–Crippen MR) is 146 cm³/mol. The molecule has 0 amide bonds. The van der Waals surface area contributed by atoms with Crippen LogP contribution in [-0.4, -0.2) is 3.71 Å². The molecule has 2 aromatic rings. The van der Waals surface area contributed by atoms with Gasteiger partial charge in [0.25, 0.3) is 0 Å². The fourth-order valence-corrected chi connectivity index (χ4v) is 23.8. The summed E-state index contributed by atoms with van der Waals surface area (Å²) < 4.78 is 2.48. The molecule has 0 spiro atoms. The molecule has 0 radical (unpaired) electrons. The van der Waals surface area contributed by atoms with Crippen molar-refractivity contribution in [3.63, 3.8) is 0 Å². The van der Waals surface area contributed by atoms with Gasteiger partial charge >= 0.3 is 210 Å². The van der Waals surface area contributed by atoms with Crippen LogP contribution in [0.15, 0.2) is 35.4 Å². The fourth-order valence-electron chi connectivity index (χ4n) is 6.19. The summed E-state index contributed by atoms with van der Waals surface area (Å²) >= 11 is -4.72. The first-order chi connectivity index (χ1) is 15.3. The van der Waals surface area contributed by atoms with E-state index in [0.29, 0.717) is 11.8 Å². The molecule has 3 heteroatoms. The van der Waals surface area contributed by atoms with Gasteiger partial charge in [-0.15, -0.1) is 0 Å². The summed E-state index contributed by atoms with van der Waals surface area (Å²) in [7, 11) is 16.3. The molecule has 0 fully saturated rings. The van der Waals surface area contributed by atoms with E-state index in [1.54, 1.807) is 0 Å². The van der Waals surface area contributed by atoms with Gasteiger partial charge in [0.2, 0.25) is 0 Å². The molecular formula is C30H38Cl2Zr. The molecule has 176 valence electrons. The van der Waals surface area contributed by atoms with Crippen molar-refractivity contribution < 1.29 is 15.9 Å². The number of allylic oxidation sites excluding steroid dienone is 2. The zero-order chi connectivity index (χ0) is 24.5. The van der Waals surface area contributed by atoms with Crippen molar-refractivity contribution in [2.24, 2.45) is 11.8 Å². The van der Waals surface area contributed by atoms with Gasteiger partial charge in [0.15, 0.2) is 0 Å². The van der Waals surface area contributed by atoms with Crippen molar-refractivity contribution in [3.05, 3.63) is 79.9 Å². The van der Waals surface area contributed by atoms with E-state index in [4.69, 9.17) is 17.0 Å². The Morgan fingerprint density at radius 3 is 1.36 bits per heavy atom. The Labute approximate surface area is 208 Å². The van der Waals surface area contributed by atoms with Crippen LogP contribution in [0.1, 0.15) is 86.4 Å². The third-order valence-corrected chi connectivity index (χ3v) is 27.6.